The number of hydrogen-bond donors (Lipinski definition) is 1. The molecule has 1 saturated carbocycles. The van der Waals surface area contributed by atoms with Gasteiger partial charge in [-0.1, -0.05) is 20.8 Å². The van der Waals surface area contributed by atoms with Gasteiger partial charge in [-0.3, -0.25) is 0 Å². The molecule has 0 heterocycles. The van der Waals surface area contributed by atoms with Crippen LogP contribution < -0.4 is 5.32 Å². The molecule has 1 aliphatic rings. The molecule has 1 N–H and O–H groups in total. The predicted octanol–water partition coefficient (Wildman–Crippen LogP) is 6.78. The molecule has 32 heavy (non-hydrogen) atoms. The van der Waals surface area contributed by atoms with Crippen molar-refractivity contribution in [3.63, 3.8) is 0 Å². The van der Waals surface area contributed by atoms with E-state index in [9.17, 15) is 57.5 Å². The molecule has 0 aromatic carbocycles. The zero-order valence-corrected chi connectivity index (χ0v) is 16.9. The second-order valence-electron chi connectivity index (χ2n) is 9.10. The topological polar surface area (TPSA) is 38.3 Å². The van der Waals surface area contributed by atoms with E-state index in [0.717, 1.165) is 0 Å². The standard InChI is InChI=1S/C17H21F12NO2/c1-12(2)4-8(9(14(18,19)20)15(21,22)23)5-13(3,6-12)7-30-11(31)32-10(16(24,25)26)17(27,28)29/h8-10H,4-7H2,1-3H3,(H,30,31). The molecule has 1 amide bonds. The summed E-state index contributed by atoms with van der Waals surface area (Å²) in [5.74, 6) is -5.65. The first-order valence-corrected chi connectivity index (χ1v) is 9.09. The highest BCUT2D eigenvalue weighted by Gasteiger charge is 2.63. The molecule has 3 nitrogen and oxygen atoms in total. The fourth-order valence-electron chi connectivity index (χ4n) is 4.56. The normalized spacial score (nSPS) is 25.2. The Labute approximate surface area is 174 Å². The van der Waals surface area contributed by atoms with E-state index in [1.165, 1.54) is 20.8 Å². The number of carbonyl (C=O) groups is 1. The molecule has 15 heteroatoms. The van der Waals surface area contributed by atoms with Crippen molar-refractivity contribution >= 4 is 6.09 Å². The van der Waals surface area contributed by atoms with Gasteiger partial charge in [-0.25, -0.2) is 4.79 Å². The minimum absolute atomic E-state index is 0.0544. The first-order chi connectivity index (χ1) is 13.9. The Morgan fingerprint density at radius 2 is 1.28 bits per heavy atom. The molecule has 0 bridgehead atoms. The maximum absolute atomic E-state index is 13.2. The molecule has 2 atom stereocenters. The first-order valence-electron chi connectivity index (χ1n) is 9.09. The number of alkyl halides is 12. The molecule has 1 rings (SSSR count). The number of ether oxygens (including phenoxy) is 1. The summed E-state index contributed by atoms with van der Waals surface area (Å²) in [5.41, 5.74) is -2.59. The van der Waals surface area contributed by atoms with Gasteiger partial charge >= 0.3 is 30.8 Å². The minimum Gasteiger partial charge on any atom is -0.427 e. The second-order valence-corrected chi connectivity index (χ2v) is 9.10. The summed E-state index contributed by atoms with van der Waals surface area (Å²) in [6, 6.07) is 0. The summed E-state index contributed by atoms with van der Waals surface area (Å²) < 4.78 is 157. The van der Waals surface area contributed by atoms with Gasteiger partial charge in [0, 0.05) is 6.54 Å². The van der Waals surface area contributed by atoms with E-state index in [1.807, 2.05) is 0 Å². The van der Waals surface area contributed by atoms with E-state index in [1.54, 1.807) is 5.32 Å². The van der Waals surface area contributed by atoms with Gasteiger partial charge in [0.05, 0.1) is 0 Å². The largest absolute Gasteiger partial charge is 0.434 e. The van der Waals surface area contributed by atoms with Crippen molar-refractivity contribution in [1.29, 1.82) is 0 Å². The molecule has 190 valence electrons. The van der Waals surface area contributed by atoms with Crippen LogP contribution in [0.25, 0.3) is 0 Å². The Bertz CT molecular complexity index is 636. The molecular weight excluding hydrogens is 478 g/mol. The van der Waals surface area contributed by atoms with Gasteiger partial charge < -0.3 is 10.1 Å². The zero-order chi connectivity index (χ0) is 25.6. The number of rotatable bonds is 4. The summed E-state index contributed by atoms with van der Waals surface area (Å²) in [4.78, 5) is 11.5. The molecule has 1 aliphatic carbocycles. The number of halogens is 12. The van der Waals surface area contributed by atoms with E-state index < -0.39 is 79.0 Å². The quantitative estimate of drug-likeness (QED) is 0.433. The maximum atomic E-state index is 13.2. The molecule has 0 aromatic rings. The minimum atomic E-state index is -5.98. The predicted molar refractivity (Wildman–Crippen MR) is 85.2 cm³/mol. The van der Waals surface area contributed by atoms with Crippen LogP contribution in [0, 0.1) is 22.7 Å². The van der Waals surface area contributed by atoms with Gasteiger partial charge in [0.25, 0.3) is 6.10 Å². The smallest absolute Gasteiger partial charge is 0.427 e. The van der Waals surface area contributed by atoms with Crippen LogP contribution in [0.15, 0.2) is 0 Å². The molecule has 0 aromatic heterocycles. The van der Waals surface area contributed by atoms with Crippen LogP contribution in [0.5, 0.6) is 0 Å². The number of hydrogen-bond acceptors (Lipinski definition) is 2. The number of alkyl carbamates (subject to hydrolysis) is 1. The molecule has 1 fully saturated rings. The Hall–Kier alpha value is -1.57. The zero-order valence-electron chi connectivity index (χ0n) is 16.9. The highest BCUT2D eigenvalue weighted by atomic mass is 19.4. The van der Waals surface area contributed by atoms with E-state index >= 15 is 0 Å². The van der Waals surface area contributed by atoms with Crippen LogP contribution in [0.2, 0.25) is 0 Å². The van der Waals surface area contributed by atoms with Crippen molar-refractivity contribution < 1.29 is 62.2 Å². The maximum Gasteiger partial charge on any atom is 0.434 e. The van der Waals surface area contributed by atoms with Crippen molar-refractivity contribution in [3.05, 3.63) is 0 Å². The number of amides is 1. The van der Waals surface area contributed by atoms with Crippen LogP contribution in [-0.2, 0) is 4.74 Å². The van der Waals surface area contributed by atoms with Gasteiger partial charge in [0.2, 0.25) is 0 Å². The van der Waals surface area contributed by atoms with Crippen LogP contribution >= 0.6 is 0 Å². The lowest BCUT2D eigenvalue weighted by atomic mass is 9.58. The van der Waals surface area contributed by atoms with Crippen LogP contribution in [0.1, 0.15) is 40.0 Å². The van der Waals surface area contributed by atoms with Gasteiger partial charge in [0.15, 0.2) is 5.92 Å². The van der Waals surface area contributed by atoms with E-state index in [4.69, 9.17) is 0 Å². The highest BCUT2D eigenvalue weighted by molar-refractivity contribution is 5.67. The Morgan fingerprint density at radius 1 is 0.844 bits per heavy atom. The number of nitrogens with one attached hydrogen (secondary N) is 1. The third-order valence-electron chi connectivity index (χ3n) is 5.13. The third kappa shape index (κ3) is 7.78. The van der Waals surface area contributed by atoms with E-state index in [2.05, 4.69) is 4.74 Å². The first kappa shape index (κ1) is 28.5. The van der Waals surface area contributed by atoms with Gasteiger partial charge in [-0.05, 0) is 36.0 Å². The Kier molecular flexibility index (Phi) is 7.70. The van der Waals surface area contributed by atoms with E-state index in [-0.39, 0.29) is 6.42 Å². The lowest BCUT2D eigenvalue weighted by Crippen LogP contribution is -2.51. The monoisotopic (exact) mass is 499 g/mol. The van der Waals surface area contributed by atoms with E-state index in [0.29, 0.717) is 0 Å². The summed E-state index contributed by atoms with van der Waals surface area (Å²) in [7, 11) is 0. The average molecular weight is 499 g/mol. The molecule has 2 unspecified atom stereocenters. The van der Waals surface area contributed by atoms with Gasteiger partial charge in [-0.15, -0.1) is 0 Å². The molecule has 0 saturated heterocycles. The Morgan fingerprint density at radius 3 is 1.66 bits per heavy atom. The SMILES string of the molecule is CC1(C)CC(C(C(F)(F)F)C(F)(F)F)CC(C)(CNC(=O)OC(C(F)(F)F)C(F)(F)F)C1. The van der Waals surface area contributed by atoms with Crippen molar-refractivity contribution in [1.82, 2.24) is 5.32 Å². The lowest BCUT2D eigenvalue weighted by molar-refractivity contribution is -0.307. The van der Waals surface area contributed by atoms with Crippen LogP contribution in [0.4, 0.5) is 57.5 Å². The fourth-order valence-corrected chi connectivity index (χ4v) is 4.56. The van der Waals surface area contributed by atoms with Crippen molar-refractivity contribution in [2.24, 2.45) is 22.7 Å². The Balaban J connectivity index is 3.03. The molecule has 0 spiro atoms. The van der Waals surface area contributed by atoms with Crippen molar-refractivity contribution in [2.75, 3.05) is 6.54 Å². The van der Waals surface area contributed by atoms with Crippen LogP contribution in [0.3, 0.4) is 0 Å². The second kappa shape index (κ2) is 8.65. The fraction of sp³-hybridized carbons (Fsp3) is 0.941. The summed E-state index contributed by atoms with van der Waals surface area (Å²) in [6.07, 6.45) is -31.1. The summed E-state index contributed by atoms with van der Waals surface area (Å²) >= 11 is 0. The highest BCUT2D eigenvalue weighted by Crippen LogP contribution is 2.56. The third-order valence-corrected chi connectivity index (χ3v) is 5.13. The van der Waals surface area contributed by atoms with Crippen molar-refractivity contribution in [3.8, 4) is 0 Å². The molecule has 0 aliphatic heterocycles. The lowest BCUT2D eigenvalue weighted by Gasteiger charge is -2.49. The van der Waals surface area contributed by atoms with Crippen LogP contribution in [-0.4, -0.2) is 43.4 Å². The summed E-state index contributed by atoms with van der Waals surface area (Å²) in [6.45, 7) is 3.15. The summed E-state index contributed by atoms with van der Waals surface area (Å²) in [5, 5.41) is 1.62. The number of carbonyl (C=O) groups excluding carboxylic acids is 1. The molecular formula is C17H21F12NO2. The van der Waals surface area contributed by atoms with Gasteiger partial charge in [0.1, 0.15) is 0 Å². The van der Waals surface area contributed by atoms with Gasteiger partial charge in [-0.2, -0.15) is 52.7 Å². The van der Waals surface area contributed by atoms with Crippen molar-refractivity contribution in [2.45, 2.75) is 70.8 Å². The average Bonchev–Trinajstić information content (AvgIpc) is 2.43. The molecule has 0 radical (unpaired) electrons.